The Morgan fingerprint density at radius 2 is 2.03 bits per heavy atom. The maximum atomic E-state index is 12.3. The van der Waals surface area contributed by atoms with Crippen molar-refractivity contribution < 1.29 is 24.1 Å². The molecule has 1 aliphatic rings. The molecular weight excluding hydrogens is 472 g/mol. The Hall–Kier alpha value is -2.49. The maximum Gasteiger partial charge on any atom is 0.355 e. The zero-order valence-electron chi connectivity index (χ0n) is 17.5. The van der Waals surface area contributed by atoms with Crippen molar-refractivity contribution in [2.75, 3.05) is 19.7 Å². The van der Waals surface area contributed by atoms with Gasteiger partial charge in [0.25, 0.3) is 0 Å². The van der Waals surface area contributed by atoms with Crippen molar-refractivity contribution in [2.45, 2.75) is 35.0 Å². The summed E-state index contributed by atoms with van der Waals surface area (Å²) in [7, 11) is 1.58. The normalized spacial score (nSPS) is 12.2. The van der Waals surface area contributed by atoms with E-state index in [2.05, 4.69) is 6.92 Å². The van der Waals surface area contributed by atoms with E-state index in [1.165, 1.54) is 23.5 Å². The second-order valence-electron chi connectivity index (χ2n) is 6.84. The highest BCUT2D eigenvalue weighted by Crippen LogP contribution is 2.40. The Balaban J connectivity index is 1.77. The van der Waals surface area contributed by atoms with Crippen LogP contribution < -0.4 is 14.2 Å². The summed E-state index contributed by atoms with van der Waals surface area (Å²) in [5, 5.41) is 11.6. The number of methoxy groups -OCH3 is 1. The Bertz CT molecular complexity index is 1150. The van der Waals surface area contributed by atoms with Gasteiger partial charge in [0.05, 0.1) is 18.6 Å². The average molecular weight is 493 g/mol. The first kappa shape index (κ1) is 22.7. The minimum atomic E-state index is -1.06. The third kappa shape index (κ3) is 4.65. The first-order chi connectivity index (χ1) is 15.5. The van der Waals surface area contributed by atoms with Crippen molar-refractivity contribution in [1.82, 2.24) is 9.55 Å². The number of benzene rings is 2. The number of nitrogens with zero attached hydrogens (tertiary/aromatic N) is 2. The quantitative estimate of drug-likeness (QED) is 0.382. The molecule has 0 saturated heterocycles. The van der Waals surface area contributed by atoms with Crippen LogP contribution in [-0.2, 0) is 6.54 Å². The van der Waals surface area contributed by atoms with Gasteiger partial charge in [-0.2, -0.15) is 0 Å². The molecule has 3 aromatic rings. The van der Waals surface area contributed by atoms with Crippen LogP contribution in [0, 0.1) is 0 Å². The van der Waals surface area contributed by atoms with Crippen molar-refractivity contribution in [3.8, 4) is 17.2 Å². The van der Waals surface area contributed by atoms with Crippen LogP contribution in [-0.4, -0.2) is 40.3 Å². The highest BCUT2D eigenvalue weighted by atomic mass is 35.5. The van der Waals surface area contributed by atoms with E-state index in [0.29, 0.717) is 32.5 Å². The third-order valence-electron chi connectivity index (χ3n) is 4.68. The summed E-state index contributed by atoms with van der Waals surface area (Å²) in [5.74, 6) is 1.58. The molecule has 0 spiro atoms. The van der Waals surface area contributed by atoms with Gasteiger partial charge in [-0.25, -0.2) is 9.78 Å². The lowest BCUT2D eigenvalue weighted by Crippen LogP contribution is -2.12. The molecule has 0 saturated carbocycles. The topological polar surface area (TPSA) is 82.8 Å². The van der Waals surface area contributed by atoms with Crippen LogP contribution in [0.25, 0.3) is 0 Å². The number of halogens is 1. The molecule has 0 bridgehead atoms. The number of fused-ring (bicyclic) bond motifs is 1. The van der Waals surface area contributed by atoms with Gasteiger partial charge in [0, 0.05) is 16.8 Å². The van der Waals surface area contributed by atoms with E-state index in [4.69, 9.17) is 30.8 Å². The Morgan fingerprint density at radius 1 is 1.28 bits per heavy atom. The van der Waals surface area contributed by atoms with Gasteiger partial charge < -0.3 is 23.9 Å². The number of ether oxygens (including phenoxy) is 3. The van der Waals surface area contributed by atoms with Crippen molar-refractivity contribution >= 4 is 41.1 Å². The first-order valence-electron chi connectivity index (χ1n) is 9.87. The van der Waals surface area contributed by atoms with E-state index in [1.807, 2.05) is 24.3 Å². The first-order valence-corrected chi connectivity index (χ1v) is 12.0. The van der Waals surface area contributed by atoms with Gasteiger partial charge in [0.1, 0.15) is 10.8 Å². The van der Waals surface area contributed by atoms with E-state index in [-0.39, 0.29) is 19.0 Å². The summed E-state index contributed by atoms with van der Waals surface area (Å²) in [4.78, 5) is 17.8. The molecule has 4 rings (SSSR count). The molecule has 1 aliphatic heterocycles. The molecule has 168 valence electrons. The van der Waals surface area contributed by atoms with Crippen LogP contribution in [0.15, 0.2) is 51.5 Å². The highest BCUT2D eigenvalue weighted by molar-refractivity contribution is 8.00. The zero-order chi connectivity index (χ0) is 22.7. The van der Waals surface area contributed by atoms with E-state index in [9.17, 15) is 9.90 Å². The number of rotatable bonds is 9. The minimum absolute atomic E-state index is 0.105. The molecular formula is C22H21ClN2O5S2. The van der Waals surface area contributed by atoms with Crippen LogP contribution in [0.4, 0.5) is 0 Å². The number of aromatic nitrogens is 2. The summed E-state index contributed by atoms with van der Waals surface area (Å²) >= 11 is 9.26. The van der Waals surface area contributed by atoms with E-state index in [0.717, 1.165) is 22.6 Å². The minimum Gasteiger partial charge on any atom is -0.496 e. The van der Waals surface area contributed by atoms with Crippen molar-refractivity contribution in [3.63, 3.8) is 0 Å². The number of carbonyl (C=O) groups is 1. The fourth-order valence-electron chi connectivity index (χ4n) is 3.20. The fraction of sp³-hybridized carbons (Fsp3) is 0.273. The fourth-order valence-corrected chi connectivity index (χ4v) is 5.36. The molecule has 10 heteroatoms. The molecule has 0 fully saturated rings. The number of hydrogen-bond acceptors (Lipinski definition) is 7. The second kappa shape index (κ2) is 9.97. The standard InChI is InChI=1S/C22H21ClN2O5S2/c1-3-8-31-22-24-20(32-18-7-5-4-6-15(18)28-2)19(21(26)27)25(22)11-13-9-16-17(10-14(13)23)30-12-29-16/h4-7,9-10H,3,8,11-12H2,1-2H3,(H,26,27). The number of thioether (sulfide) groups is 1. The lowest BCUT2D eigenvalue weighted by molar-refractivity contribution is 0.0680. The summed E-state index contributed by atoms with van der Waals surface area (Å²) in [5.41, 5.74) is 0.830. The van der Waals surface area contributed by atoms with Gasteiger partial charge in [-0.15, -0.1) is 0 Å². The molecule has 0 atom stereocenters. The predicted octanol–water partition coefficient (Wildman–Crippen LogP) is 5.67. The Kier molecular flexibility index (Phi) is 7.07. The molecule has 32 heavy (non-hydrogen) atoms. The largest absolute Gasteiger partial charge is 0.496 e. The number of para-hydroxylation sites is 1. The van der Waals surface area contributed by atoms with E-state index < -0.39 is 5.97 Å². The number of carboxylic acids is 1. The van der Waals surface area contributed by atoms with E-state index in [1.54, 1.807) is 23.8 Å². The van der Waals surface area contributed by atoms with Gasteiger partial charge in [0.15, 0.2) is 22.3 Å². The van der Waals surface area contributed by atoms with Crippen LogP contribution in [0.2, 0.25) is 5.02 Å². The molecule has 0 radical (unpaired) electrons. The molecule has 2 heterocycles. The maximum absolute atomic E-state index is 12.3. The number of carboxylic acid groups (broad SMARTS) is 1. The van der Waals surface area contributed by atoms with Crippen LogP contribution >= 0.6 is 35.1 Å². The molecule has 7 nitrogen and oxygen atoms in total. The van der Waals surface area contributed by atoms with Gasteiger partial charge >= 0.3 is 5.97 Å². The summed E-state index contributed by atoms with van der Waals surface area (Å²) < 4.78 is 18.0. The number of aromatic carboxylic acids is 1. The van der Waals surface area contributed by atoms with Crippen molar-refractivity contribution in [1.29, 1.82) is 0 Å². The molecule has 0 unspecified atom stereocenters. The highest BCUT2D eigenvalue weighted by Gasteiger charge is 2.26. The summed E-state index contributed by atoms with van der Waals surface area (Å²) in [6.07, 6.45) is 0.930. The lowest BCUT2D eigenvalue weighted by Gasteiger charge is -2.12. The Morgan fingerprint density at radius 3 is 2.75 bits per heavy atom. The average Bonchev–Trinajstić information content (AvgIpc) is 3.36. The smallest absolute Gasteiger partial charge is 0.355 e. The van der Waals surface area contributed by atoms with Crippen LogP contribution in [0.5, 0.6) is 17.2 Å². The van der Waals surface area contributed by atoms with E-state index >= 15 is 0 Å². The summed E-state index contributed by atoms with van der Waals surface area (Å²) in [6, 6.07) is 10.9. The number of hydrogen-bond donors (Lipinski definition) is 1. The molecule has 0 amide bonds. The van der Waals surface area contributed by atoms with Gasteiger partial charge in [0.2, 0.25) is 6.79 Å². The molecule has 1 N–H and O–H groups in total. The molecule has 2 aromatic carbocycles. The van der Waals surface area contributed by atoms with Crippen molar-refractivity contribution in [2.24, 2.45) is 0 Å². The van der Waals surface area contributed by atoms with Crippen molar-refractivity contribution in [3.05, 3.63) is 52.7 Å². The number of imidazole rings is 1. The molecule has 0 aliphatic carbocycles. The zero-order valence-corrected chi connectivity index (χ0v) is 19.9. The molecule has 1 aromatic heterocycles. The van der Waals surface area contributed by atoms with Crippen LogP contribution in [0.3, 0.4) is 0 Å². The predicted molar refractivity (Wildman–Crippen MR) is 124 cm³/mol. The summed E-state index contributed by atoms with van der Waals surface area (Å²) in [6.45, 7) is 2.44. The van der Waals surface area contributed by atoms with Gasteiger partial charge in [-0.05, 0) is 30.2 Å². The third-order valence-corrected chi connectivity index (χ3v) is 7.25. The van der Waals surface area contributed by atoms with Gasteiger partial charge in [-0.1, -0.05) is 54.2 Å². The lowest BCUT2D eigenvalue weighted by atomic mass is 10.2. The monoisotopic (exact) mass is 492 g/mol. The SMILES string of the molecule is CCCSc1nc(Sc2ccccc2OC)c(C(=O)O)n1Cc1cc2c(cc1Cl)OCO2. The van der Waals surface area contributed by atoms with Crippen LogP contribution in [0.1, 0.15) is 29.4 Å². The Labute approximate surface area is 199 Å². The van der Waals surface area contributed by atoms with Gasteiger partial charge in [-0.3, -0.25) is 0 Å². The second-order valence-corrected chi connectivity index (χ2v) is 9.34.